The first-order valence-corrected chi connectivity index (χ1v) is 3.98. The molecule has 0 radical (unpaired) electrons. The molecule has 0 aromatic carbocycles. The van der Waals surface area contributed by atoms with E-state index in [1.165, 1.54) is 5.70 Å². The van der Waals surface area contributed by atoms with E-state index in [0.717, 1.165) is 13.0 Å². The highest BCUT2D eigenvalue weighted by Gasteiger charge is 2.00. The van der Waals surface area contributed by atoms with Crippen molar-refractivity contribution in [3.8, 4) is 0 Å². The molecule has 1 rings (SSSR count). The highest BCUT2D eigenvalue weighted by atomic mass is 15.5. The van der Waals surface area contributed by atoms with Gasteiger partial charge in [0.05, 0.1) is 6.54 Å². The first kappa shape index (κ1) is 8.05. The molecule has 0 amide bonds. The van der Waals surface area contributed by atoms with Gasteiger partial charge in [-0.1, -0.05) is 19.1 Å². The van der Waals surface area contributed by atoms with Crippen molar-refractivity contribution in [1.29, 1.82) is 0 Å². The maximum absolute atomic E-state index is 4.20. The van der Waals surface area contributed by atoms with E-state index < -0.39 is 0 Å². The second-order valence-electron chi connectivity index (χ2n) is 2.53. The van der Waals surface area contributed by atoms with Crippen LogP contribution in [0.3, 0.4) is 0 Å². The van der Waals surface area contributed by atoms with Crippen molar-refractivity contribution in [2.24, 2.45) is 5.10 Å². The van der Waals surface area contributed by atoms with Gasteiger partial charge in [0.15, 0.2) is 0 Å². The number of hydrazone groups is 1. The molecular formula is C9H14N2. The van der Waals surface area contributed by atoms with Crippen LogP contribution in [0.5, 0.6) is 0 Å². The Kier molecular flexibility index (Phi) is 2.90. The summed E-state index contributed by atoms with van der Waals surface area (Å²) in [5.74, 6) is 0. The minimum absolute atomic E-state index is 0.902. The van der Waals surface area contributed by atoms with Gasteiger partial charge in [-0.25, -0.2) is 0 Å². The van der Waals surface area contributed by atoms with Crippen LogP contribution in [-0.4, -0.2) is 17.8 Å². The molecule has 0 aromatic heterocycles. The minimum Gasteiger partial charge on any atom is -0.266 e. The normalized spacial score (nSPS) is 17.6. The Morgan fingerprint density at radius 1 is 1.73 bits per heavy atom. The Balaban J connectivity index is 2.55. The van der Waals surface area contributed by atoms with E-state index in [2.05, 4.69) is 31.1 Å². The molecule has 0 saturated carbocycles. The summed E-state index contributed by atoms with van der Waals surface area (Å²) in [6.07, 6.45) is 9.13. The van der Waals surface area contributed by atoms with Gasteiger partial charge in [-0.15, -0.1) is 0 Å². The fourth-order valence-electron chi connectivity index (χ4n) is 1.02. The summed E-state index contributed by atoms with van der Waals surface area (Å²) in [6, 6.07) is 0. The zero-order valence-electron chi connectivity index (χ0n) is 7.12. The highest BCUT2D eigenvalue weighted by molar-refractivity contribution is 5.71. The van der Waals surface area contributed by atoms with Crippen molar-refractivity contribution < 1.29 is 0 Å². The van der Waals surface area contributed by atoms with E-state index in [-0.39, 0.29) is 0 Å². The van der Waals surface area contributed by atoms with Crippen LogP contribution < -0.4 is 0 Å². The second-order valence-corrected chi connectivity index (χ2v) is 2.53. The molecule has 0 aromatic rings. The summed E-state index contributed by atoms with van der Waals surface area (Å²) >= 11 is 0. The number of rotatable bonds is 2. The van der Waals surface area contributed by atoms with Gasteiger partial charge < -0.3 is 0 Å². The molecule has 0 saturated heterocycles. The van der Waals surface area contributed by atoms with Crippen LogP contribution in [0.2, 0.25) is 0 Å². The molecule has 1 heterocycles. The van der Waals surface area contributed by atoms with Crippen molar-refractivity contribution in [2.75, 3.05) is 6.54 Å². The quantitative estimate of drug-likeness (QED) is 0.589. The van der Waals surface area contributed by atoms with E-state index in [1.807, 2.05) is 17.3 Å². The molecule has 1 aliphatic heterocycles. The maximum atomic E-state index is 4.20. The molecule has 0 N–H and O–H groups in total. The predicted molar refractivity (Wildman–Crippen MR) is 48.4 cm³/mol. The molecule has 60 valence electrons. The van der Waals surface area contributed by atoms with Crippen LogP contribution in [0, 0.1) is 0 Å². The van der Waals surface area contributed by atoms with Crippen molar-refractivity contribution in [1.82, 2.24) is 5.01 Å². The largest absolute Gasteiger partial charge is 0.266 e. The fraction of sp³-hybridized carbons (Fsp3) is 0.444. The zero-order chi connectivity index (χ0) is 8.10. The van der Waals surface area contributed by atoms with Gasteiger partial charge >= 0.3 is 0 Å². The van der Waals surface area contributed by atoms with Crippen LogP contribution in [0.4, 0.5) is 0 Å². The molecule has 0 aliphatic carbocycles. The number of hydrogen-bond donors (Lipinski definition) is 0. The molecule has 2 nitrogen and oxygen atoms in total. The topological polar surface area (TPSA) is 15.6 Å². The molecule has 0 fully saturated rings. The van der Waals surface area contributed by atoms with Crippen molar-refractivity contribution in [3.05, 3.63) is 23.9 Å². The summed E-state index contributed by atoms with van der Waals surface area (Å²) in [7, 11) is 0. The first-order valence-electron chi connectivity index (χ1n) is 3.98. The molecule has 0 atom stereocenters. The lowest BCUT2D eigenvalue weighted by Gasteiger charge is -2.19. The third-order valence-corrected chi connectivity index (χ3v) is 1.61. The summed E-state index contributed by atoms with van der Waals surface area (Å²) in [5, 5.41) is 6.19. The van der Waals surface area contributed by atoms with Crippen molar-refractivity contribution in [2.45, 2.75) is 20.3 Å². The lowest BCUT2D eigenvalue weighted by Crippen LogP contribution is -2.17. The van der Waals surface area contributed by atoms with Gasteiger partial charge in [-0.05, 0) is 19.4 Å². The summed E-state index contributed by atoms with van der Waals surface area (Å²) in [5.41, 5.74) is 1.23. The van der Waals surface area contributed by atoms with Crippen LogP contribution in [-0.2, 0) is 0 Å². The van der Waals surface area contributed by atoms with Gasteiger partial charge in [0.1, 0.15) is 0 Å². The van der Waals surface area contributed by atoms with Crippen LogP contribution in [0.25, 0.3) is 0 Å². The van der Waals surface area contributed by atoms with E-state index in [1.54, 1.807) is 0 Å². The summed E-state index contributed by atoms with van der Waals surface area (Å²) in [6.45, 7) is 5.12. The number of hydrogen-bond acceptors (Lipinski definition) is 2. The van der Waals surface area contributed by atoms with E-state index in [0.29, 0.717) is 0 Å². The Labute approximate surface area is 67.9 Å². The SMILES string of the molecule is CC/C=C(\C)N1CC=CC=N1. The molecule has 0 bridgehead atoms. The van der Waals surface area contributed by atoms with Gasteiger partial charge in [0.2, 0.25) is 0 Å². The molecule has 0 unspecified atom stereocenters. The first-order chi connectivity index (χ1) is 5.34. The Bertz CT molecular complexity index is 202. The molecule has 2 heteroatoms. The third-order valence-electron chi connectivity index (χ3n) is 1.61. The predicted octanol–water partition coefficient (Wildman–Crippen LogP) is 2.16. The van der Waals surface area contributed by atoms with E-state index in [4.69, 9.17) is 0 Å². The minimum atomic E-state index is 0.902. The highest BCUT2D eigenvalue weighted by Crippen LogP contribution is 2.06. The van der Waals surface area contributed by atoms with E-state index >= 15 is 0 Å². The Morgan fingerprint density at radius 3 is 3.09 bits per heavy atom. The molecule has 1 aliphatic rings. The second kappa shape index (κ2) is 3.96. The average molecular weight is 150 g/mol. The smallest absolute Gasteiger partial charge is 0.0596 e. The van der Waals surface area contributed by atoms with Crippen LogP contribution in [0.15, 0.2) is 29.0 Å². The third kappa shape index (κ3) is 2.22. The number of allylic oxidation sites excluding steroid dienone is 3. The molecule has 11 heavy (non-hydrogen) atoms. The van der Waals surface area contributed by atoms with Crippen LogP contribution in [0.1, 0.15) is 20.3 Å². The van der Waals surface area contributed by atoms with Gasteiger partial charge in [0.25, 0.3) is 0 Å². The Morgan fingerprint density at radius 2 is 2.55 bits per heavy atom. The lowest BCUT2D eigenvalue weighted by molar-refractivity contribution is 0.402. The number of nitrogens with zero attached hydrogens (tertiary/aromatic N) is 2. The molecular weight excluding hydrogens is 136 g/mol. The van der Waals surface area contributed by atoms with Gasteiger partial charge in [-0.2, -0.15) is 5.10 Å². The molecule has 0 spiro atoms. The van der Waals surface area contributed by atoms with Gasteiger partial charge in [-0.3, -0.25) is 5.01 Å². The standard InChI is InChI=1S/C9H14N2/c1-3-6-9(2)11-8-5-4-7-10-11/h4-7H,3,8H2,1-2H3/b9-6+. The lowest BCUT2D eigenvalue weighted by atomic mass is 10.3. The van der Waals surface area contributed by atoms with Crippen LogP contribution >= 0.6 is 0 Å². The summed E-state index contributed by atoms with van der Waals surface area (Å²) < 4.78 is 0. The maximum Gasteiger partial charge on any atom is 0.0596 e. The van der Waals surface area contributed by atoms with Crippen molar-refractivity contribution >= 4 is 6.21 Å². The fourth-order valence-corrected chi connectivity index (χ4v) is 1.02. The van der Waals surface area contributed by atoms with Gasteiger partial charge in [0, 0.05) is 11.9 Å². The zero-order valence-corrected chi connectivity index (χ0v) is 7.12. The Hall–Kier alpha value is -1.05. The van der Waals surface area contributed by atoms with Crippen molar-refractivity contribution in [3.63, 3.8) is 0 Å². The summed E-state index contributed by atoms with van der Waals surface area (Å²) in [4.78, 5) is 0. The average Bonchev–Trinajstić information content (AvgIpc) is 2.07. The monoisotopic (exact) mass is 150 g/mol. The van der Waals surface area contributed by atoms with E-state index in [9.17, 15) is 0 Å².